The number of hydrogen-bond acceptors (Lipinski definition) is 10. The number of H-pyrrole nitrogens is 1. The number of fused-ring (bicyclic) bond motifs is 2. The predicted octanol–water partition coefficient (Wildman–Crippen LogP) is 3.49. The number of aromatic amines is 1. The molecule has 3 aliphatic heterocycles. The predicted molar refractivity (Wildman–Crippen MR) is 228 cm³/mol. The fourth-order valence-electron chi connectivity index (χ4n) is 9.06. The minimum Gasteiger partial charge on any atom is -0.382 e. The molecule has 2 aromatic heterocycles. The van der Waals surface area contributed by atoms with Gasteiger partial charge in [-0.05, 0) is 95.8 Å². The van der Waals surface area contributed by atoms with E-state index in [0.29, 0.717) is 35.8 Å². The minimum absolute atomic E-state index is 0.0479. The van der Waals surface area contributed by atoms with Crippen molar-refractivity contribution >= 4 is 52.0 Å². The van der Waals surface area contributed by atoms with E-state index < -0.39 is 29.7 Å². The van der Waals surface area contributed by atoms with Gasteiger partial charge in [0.1, 0.15) is 6.04 Å². The summed E-state index contributed by atoms with van der Waals surface area (Å²) < 4.78 is 7.97. The van der Waals surface area contributed by atoms with Crippen molar-refractivity contribution in [3.8, 4) is 0 Å². The second-order valence-corrected chi connectivity index (χ2v) is 16.2. The summed E-state index contributed by atoms with van der Waals surface area (Å²) in [5.41, 5.74) is 5.35. The highest BCUT2D eigenvalue weighted by atomic mass is 16.5. The number of para-hydroxylation sites is 1. The number of nitrogens with zero attached hydrogens (tertiary/aromatic N) is 3. The Labute approximate surface area is 353 Å². The molecule has 1 unspecified atom stereocenters. The highest BCUT2D eigenvalue weighted by molar-refractivity contribution is 6.25. The number of benzene rings is 2. The van der Waals surface area contributed by atoms with E-state index in [-0.39, 0.29) is 73.6 Å². The van der Waals surface area contributed by atoms with Gasteiger partial charge in [-0.1, -0.05) is 24.3 Å². The topological polar surface area (TPSA) is 204 Å². The van der Waals surface area contributed by atoms with Gasteiger partial charge in [-0.15, -0.1) is 0 Å². The van der Waals surface area contributed by atoms with Crippen molar-refractivity contribution in [3.63, 3.8) is 0 Å². The number of imide groups is 2. The number of nitrogens with one attached hydrogen (secondary N) is 5. The van der Waals surface area contributed by atoms with Gasteiger partial charge in [0.2, 0.25) is 17.7 Å². The van der Waals surface area contributed by atoms with Crippen LogP contribution in [0.15, 0.2) is 53.3 Å². The van der Waals surface area contributed by atoms with Crippen LogP contribution in [-0.2, 0) is 25.7 Å². The fraction of sp³-hybridized carbons (Fsp3) is 0.444. The zero-order valence-electron chi connectivity index (χ0n) is 35.2. The van der Waals surface area contributed by atoms with Crippen LogP contribution in [-0.4, -0.2) is 107 Å². The van der Waals surface area contributed by atoms with Crippen LogP contribution in [0.4, 0.5) is 5.69 Å². The van der Waals surface area contributed by atoms with Gasteiger partial charge in [-0.2, -0.15) is 0 Å². The van der Waals surface area contributed by atoms with Crippen LogP contribution < -0.4 is 26.8 Å². The number of aryl methyl sites for hydroxylation is 2. The van der Waals surface area contributed by atoms with Crippen molar-refractivity contribution in [3.05, 3.63) is 98.1 Å². The molecule has 2 fully saturated rings. The summed E-state index contributed by atoms with van der Waals surface area (Å²) in [6.45, 7) is 11.9. The third-order valence-corrected chi connectivity index (χ3v) is 12.3. The lowest BCUT2D eigenvalue weighted by Gasteiger charge is -2.36. The van der Waals surface area contributed by atoms with E-state index in [2.05, 4.69) is 48.7 Å². The first kappa shape index (κ1) is 43.0. The largest absolute Gasteiger partial charge is 0.382 e. The zero-order valence-corrected chi connectivity index (χ0v) is 35.2. The molecule has 5 heterocycles. The summed E-state index contributed by atoms with van der Waals surface area (Å²) in [7, 11) is 0. The maximum Gasteiger partial charge on any atom is 0.264 e. The molecule has 322 valence electrons. The first-order chi connectivity index (χ1) is 29.3. The van der Waals surface area contributed by atoms with Gasteiger partial charge in [0.05, 0.1) is 29.9 Å². The van der Waals surface area contributed by atoms with E-state index in [0.717, 1.165) is 65.2 Å². The third kappa shape index (κ3) is 9.15. The number of carbonyl (C=O) groups excluding carboxylic acids is 6. The number of rotatable bonds is 16. The van der Waals surface area contributed by atoms with E-state index in [1.807, 2.05) is 45.0 Å². The van der Waals surface area contributed by atoms with Crippen LogP contribution in [0.5, 0.6) is 0 Å². The molecule has 6 amide bonds. The number of carbonyl (C=O) groups is 6. The molecule has 16 nitrogen and oxygen atoms in total. The van der Waals surface area contributed by atoms with Crippen LogP contribution in [0.2, 0.25) is 0 Å². The summed E-state index contributed by atoms with van der Waals surface area (Å²) in [6.07, 6.45) is 2.29. The molecule has 61 heavy (non-hydrogen) atoms. The molecule has 0 radical (unpaired) electrons. The summed E-state index contributed by atoms with van der Waals surface area (Å²) in [4.78, 5) is 95.3. The molecule has 2 saturated heterocycles. The van der Waals surface area contributed by atoms with Crippen molar-refractivity contribution < 1.29 is 33.5 Å². The number of aromatic nitrogens is 2. The highest BCUT2D eigenvalue weighted by Crippen LogP contribution is 2.36. The number of pyridine rings is 1. The fourth-order valence-corrected chi connectivity index (χ4v) is 9.06. The number of likely N-dealkylation sites (tertiary alicyclic amines) is 1. The lowest BCUT2D eigenvalue weighted by Crippen LogP contribution is -2.54. The molecule has 3 aliphatic rings. The molecule has 2 aromatic carbocycles. The zero-order chi connectivity index (χ0) is 43.4. The Balaban J connectivity index is 0.818. The Bertz CT molecular complexity index is 2430. The van der Waals surface area contributed by atoms with Crippen molar-refractivity contribution in [1.82, 2.24) is 35.3 Å². The van der Waals surface area contributed by atoms with E-state index >= 15 is 0 Å². The minimum atomic E-state index is -1.04. The first-order valence-corrected chi connectivity index (χ1v) is 21.1. The molecule has 0 saturated carbocycles. The maximum absolute atomic E-state index is 13.7. The molecule has 5 N–H and O–H groups in total. The molecule has 0 aliphatic carbocycles. The summed E-state index contributed by atoms with van der Waals surface area (Å²) in [5, 5.41) is 12.2. The van der Waals surface area contributed by atoms with Gasteiger partial charge in [-0.3, -0.25) is 43.8 Å². The number of amides is 6. The normalized spacial score (nSPS) is 17.7. The van der Waals surface area contributed by atoms with Gasteiger partial charge >= 0.3 is 0 Å². The van der Waals surface area contributed by atoms with Crippen molar-refractivity contribution in [2.24, 2.45) is 5.92 Å². The monoisotopic (exact) mass is 834 g/mol. The van der Waals surface area contributed by atoms with E-state index in [4.69, 9.17) is 4.74 Å². The average Bonchev–Trinajstić information content (AvgIpc) is 3.67. The van der Waals surface area contributed by atoms with Crippen molar-refractivity contribution in [2.45, 2.75) is 78.4 Å². The van der Waals surface area contributed by atoms with Crippen molar-refractivity contribution in [1.29, 1.82) is 0 Å². The van der Waals surface area contributed by atoms with Gasteiger partial charge in [0.15, 0.2) is 0 Å². The quantitative estimate of drug-likeness (QED) is 0.0822. The molecular formula is C45H54N8O8. The van der Waals surface area contributed by atoms with Crippen LogP contribution in [0.1, 0.15) is 98.7 Å². The van der Waals surface area contributed by atoms with Crippen LogP contribution in [0.3, 0.4) is 0 Å². The molecule has 16 heteroatoms. The molecule has 4 aromatic rings. The lowest BCUT2D eigenvalue weighted by molar-refractivity contribution is -0.136. The number of hydrogen-bond donors (Lipinski definition) is 5. The molecule has 0 spiro atoms. The Kier molecular flexibility index (Phi) is 13.1. The second kappa shape index (κ2) is 18.6. The summed E-state index contributed by atoms with van der Waals surface area (Å²) in [6, 6.07) is 13.9. The first-order valence-electron chi connectivity index (χ1n) is 21.1. The SMILES string of the molecule is Cc1cc(C)c(CNC(=O)c2c(C)n([C@H](C)C3CCN(CCNC(=O)CCOCCNc4cccc5c4C(=O)N(C4CCC(=O)NC4=O)C5=O)CC3)c3ccccc23)c(=O)[nH]1. The van der Waals surface area contributed by atoms with Crippen LogP contribution in [0, 0.1) is 26.7 Å². The smallest absolute Gasteiger partial charge is 0.264 e. The van der Waals surface area contributed by atoms with Gasteiger partial charge in [-0.25, -0.2) is 0 Å². The molecule has 2 atom stereocenters. The molecule has 7 rings (SSSR count). The van der Waals surface area contributed by atoms with Gasteiger partial charge < -0.3 is 35.1 Å². The van der Waals surface area contributed by atoms with E-state index in [9.17, 15) is 33.6 Å². The maximum atomic E-state index is 13.7. The van der Waals surface area contributed by atoms with Gasteiger partial charge in [0, 0.05) is 78.6 Å². The number of anilines is 1. The number of piperidine rings is 2. The van der Waals surface area contributed by atoms with Crippen LogP contribution in [0.25, 0.3) is 10.9 Å². The Hall–Kier alpha value is -6.13. The highest BCUT2D eigenvalue weighted by Gasteiger charge is 2.45. The Morgan fingerprint density at radius 1 is 0.902 bits per heavy atom. The molecule has 0 bridgehead atoms. The lowest BCUT2D eigenvalue weighted by atomic mass is 9.90. The average molecular weight is 835 g/mol. The van der Waals surface area contributed by atoms with Crippen molar-refractivity contribution in [2.75, 3.05) is 51.3 Å². The number of ether oxygens (including phenoxy) is 1. The Morgan fingerprint density at radius 3 is 2.43 bits per heavy atom. The second-order valence-electron chi connectivity index (χ2n) is 16.2. The van der Waals surface area contributed by atoms with Gasteiger partial charge in [0.25, 0.3) is 23.3 Å². The standard InChI is InChI=1S/C45H54N8O8/c1-26-24-27(2)49-41(56)33(26)25-48-43(58)39-29(4)52(35-11-6-5-8-31(35)39)28(3)30-14-19-51(20-15-30)21-17-47-37(54)16-22-61-23-18-46-34-10-7-9-32-40(34)45(60)53(44(32)59)36-12-13-38(55)50-42(36)57/h5-11,24,28,30,36,46H,12-23,25H2,1-4H3,(H,47,54)(H,48,58)(H,49,56)(H,50,55,57)/t28-,36?/m1/s1. The van der Waals surface area contributed by atoms with Crippen LogP contribution >= 0.6 is 0 Å². The summed E-state index contributed by atoms with van der Waals surface area (Å²) >= 11 is 0. The van der Waals surface area contributed by atoms with E-state index in [1.165, 1.54) is 0 Å². The molecular weight excluding hydrogens is 781 g/mol. The summed E-state index contributed by atoms with van der Waals surface area (Å²) in [5.74, 6) is -2.15. The van der Waals surface area contributed by atoms with E-state index in [1.54, 1.807) is 18.2 Å². The third-order valence-electron chi connectivity index (χ3n) is 12.3. The Morgan fingerprint density at radius 2 is 1.67 bits per heavy atom.